The van der Waals surface area contributed by atoms with Crippen LogP contribution in [0.15, 0.2) is 24.3 Å². The third kappa shape index (κ3) is 3.69. The number of rotatable bonds is 5. The summed E-state index contributed by atoms with van der Waals surface area (Å²) in [6, 6.07) is 8.64. The maximum atomic E-state index is 4.66. The summed E-state index contributed by atoms with van der Waals surface area (Å²) in [7, 11) is 0. The monoisotopic (exact) mass is 324 g/mol. The second kappa shape index (κ2) is 7.65. The average Bonchev–Trinajstić information content (AvgIpc) is 2.62. The van der Waals surface area contributed by atoms with Crippen LogP contribution in [0.4, 0.5) is 17.3 Å². The van der Waals surface area contributed by atoms with Crippen LogP contribution in [0, 0.1) is 6.92 Å². The first-order chi connectivity index (χ1) is 11.7. The van der Waals surface area contributed by atoms with E-state index >= 15 is 0 Å². The van der Waals surface area contributed by atoms with Gasteiger partial charge in [0.15, 0.2) is 0 Å². The molecule has 1 aromatic carbocycles. The first kappa shape index (κ1) is 16.7. The topological polar surface area (TPSA) is 41.0 Å². The van der Waals surface area contributed by atoms with Crippen molar-refractivity contribution in [3.05, 3.63) is 41.2 Å². The van der Waals surface area contributed by atoms with Gasteiger partial charge < -0.3 is 10.2 Å². The molecule has 0 atom stereocenters. The van der Waals surface area contributed by atoms with E-state index < -0.39 is 0 Å². The summed E-state index contributed by atoms with van der Waals surface area (Å²) in [5.41, 5.74) is 3.89. The molecule has 1 fully saturated rings. The fourth-order valence-corrected chi connectivity index (χ4v) is 3.43. The predicted molar refractivity (Wildman–Crippen MR) is 101 cm³/mol. The van der Waals surface area contributed by atoms with E-state index in [2.05, 4.69) is 58.3 Å². The second-order valence-electron chi connectivity index (χ2n) is 6.49. The van der Waals surface area contributed by atoms with Gasteiger partial charge in [-0.2, -0.15) is 0 Å². The minimum atomic E-state index is 0.826. The molecule has 2 aromatic rings. The van der Waals surface area contributed by atoms with Crippen molar-refractivity contribution in [3.8, 4) is 0 Å². The summed E-state index contributed by atoms with van der Waals surface area (Å²) >= 11 is 0. The number of aromatic nitrogens is 2. The first-order valence-electron chi connectivity index (χ1n) is 9.19. The Labute approximate surface area is 145 Å². The van der Waals surface area contributed by atoms with E-state index in [-0.39, 0.29) is 0 Å². The summed E-state index contributed by atoms with van der Waals surface area (Å²) in [6.07, 6.45) is 5.86. The zero-order valence-corrected chi connectivity index (χ0v) is 15.1. The van der Waals surface area contributed by atoms with E-state index in [4.69, 9.17) is 0 Å². The average molecular weight is 324 g/mol. The van der Waals surface area contributed by atoms with Crippen molar-refractivity contribution in [2.24, 2.45) is 0 Å². The number of para-hydroxylation sites is 1. The molecule has 2 heterocycles. The van der Waals surface area contributed by atoms with Gasteiger partial charge >= 0.3 is 0 Å². The molecule has 1 aliphatic rings. The van der Waals surface area contributed by atoms with E-state index in [0.717, 1.165) is 43.4 Å². The van der Waals surface area contributed by atoms with Gasteiger partial charge in [-0.15, -0.1) is 0 Å². The Hall–Kier alpha value is -2.10. The summed E-state index contributed by atoms with van der Waals surface area (Å²) in [5.74, 6) is 2.78. The van der Waals surface area contributed by atoms with Gasteiger partial charge in [-0.3, -0.25) is 0 Å². The zero-order chi connectivity index (χ0) is 16.9. The normalized spacial score (nSPS) is 14.7. The number of piperidine rings is 1. The molecule has 24 heavy (non-hydrogen) atoms. The number of benzene rings is 1. The zero-order valence-electron chi connectivity index (χ0n) is 15.1. The molecule has 0 radical (unpaired) electrons. The molecule has 4 nitrogen and oxygen atoms in total. The van der Waals surface area contributed by atoms with Crippen LogP contribution >= 0.6 is 0 Å². The van der Waals surface area contributed by atoms with Crippen molar-refractivity contribution in [3.63, 3.8) is 0 Å². The molecule has 1 N–H and O–H groups in total. The fourth-order valence-electron chi connectivity index (χ4n) is 3.43. The second-order valence-corrected chi connectivity index (χ2v) is 6.49. The predicted octanol–water partition coefficient (Wildman–Crippen LogP) is 4.64. The van der Waals surface area contributed by atoms with Crippen LogP contribution in [0.5, 0.6) is 0 Å². The number of aryl methyl sites for hydroxylation is 3. The molecule has 0 spiro atoms. The maximum absolute atomic E-state index is 4.66. The van der Waals surface area contributed by atoms with Crippen LogP contribution in [0.2, 0.25) is 0 Å². The van der Waals surface area contributed by atoms with Gasteiger partial charge in [0.25, 0.3) is 0 Å². The standard InChI is InChI=1S/C20H28N4/c1-4-16-10-9-11-17(5-2)20(16)23-18-14-19(22-15(3)21-18)24-12-7-6-8-13-24/h9-11,14H,4-8,12-13H2,1-3H3,(H,21,22,23). The molecule has 1 saturated heterocycles. The summed E-state index contributed by atoms with van der Waals surface area (Å²) in [5, 5.41) is 3.59. The van der Waals surface area contributed by atoms with Gasteiger partial charge in [-0.05, 0) is 50.2 Å². The number of anilines is 3. The quantitative estimate of drug-likeness (QED) is 0.869. The van der Waals surface area contributed by atoms with Crippen molar-refractivity contribution >= 4 is 17.3 Å². The molecule has 1 aliphatic heterocycles. The number of hydrogen-bond acceptors (Lipinski definition) is 4. The van der Waals surface area contributed by atoms with E-state index in [1.54, 1.807) is 0 Å². The lowest BCUT2D eigenvalue weighted by Gasteiger charge is -2.28. The van der Waals surface area contributed by atoms with E-state index in [9.17, 15) is 0 Å². The lowest BCUT2D eigenvalue weighted by atomic mass is 10.0. The highest BCUT2D eigenvalue weighted by atomic mass is 15.2. The Bertz CT molecular complexity index is 668. The Kier molecular flexibility index (Phi) is 5.34. The largest absolute Gasteiger partial charge is 0.356 e. The highest BCUT2D eigenvalue weighted by Gasteiger charge is 2.15. The Morgan fingerprint density at radius 1 is 1.00 bits per heavy atom. The molecule has 0 bridgehead atoms. The van der Waals surface area contributed by atoms with Gasteiger partial charge in [-0.1, -0.05) is 32.0 Å². The molecule has 3 rings (SSSR count). The summed E-state index contributed by atoms with van der Waals surface area (Å²) in [4.78, 5) is 11.7. The molecular formula is C20H28N4. The van der Waals surface area contributed by atoms with Crippen LogP contribution in [0.3, 0.4) is 0 Å². The minimum Gasteiger partial charge on any atom is -0.356 e. The highest BCUT2D eigenvalue weighted by Crippen LogP contribution is 2.28. The van der Waals surface area contributed by atoms with Gasteiger partial charge in [0.1, 0.15) is 17.5 Å². The van der Waals surface area contributed by atoms with Crippen LogP contribution in [0.1, 0.15) is 50.1 Å². The molecule has 0 amide bonds. The molecule has 0 aliphatic carbocycles. The number of hydrogen-bond donors (Lipinski definition) is 1. The van der Waals surface area contributed by atoms with Crippen molar-refractivity contribution in [2.75, 3.05) is 23.3 Å². The van der Waals surface area contributed by atoms with Crippen molar-refractivity contribution in [1.82, 2.24) is 9.97 Å². The number of nitrogens with zero attached hydrogens (tertiary/aromatic N) is 3. The van der Waals surface area contributed by atoms with Gasteiger partial charge in [0, 0.05) is 24.8 Å². The van der Waals surface area contributed by atoms with Crippen LogP contribution in [-0.2, 0) is 12.8 Å². The van der Waals surface area contributed by atoms with Crippen molar-refractivity contribution < 1.29 is 0 Å². The SMILES string of the molecule is CCc1cccc(CC)c1Nc1cc(N2CCCCC2)nc(C)n1. The van der Waals surface area contributed by atoms with Crippen molar-refractivity contribution in [1.29, 1.82) is 0 Å². The van der Waals surface area contributed by atoms with Gasteiger partial charge in [-0.25, -0.2) is 9.97 Å². The molecule has 0 saturated carbocycles. The Balaban J connectivity index is 1.92. The maximum Gasteiger partial charge on any atom is 0.136 e. The van der Waals surface area contributed by atoms with Crippen LogP contribution < -0.4 is 10.2 Å². The molecule has 4 heteroatoms. The lowest BCUT2D eigenvalue weighted by molar-refractivity contribution is 0.572. The first-order valence-corrected chi connectivity index (χ1v) is 9.19. The third-order valence-corrected chi connectivity index (χ3v) is 4.76. The van der Waals surface area contributed by atoms with Crippen molar-refractivity contribution in [2.45, 2.75) is 52.9 Å². The minimum absolute atomic E-state index is 0.826. The Morgan fingerprint density at radius 2 is 1.67 bits per heavy atom. The van der Waals surface area contributed by atoms with Gasteiger partial charge in [0.2, 0.25) is 0 Å². The number of nitrogens with one attached hydrogen (secondary N) is 1. The van der Waals surface area contributed by atoms with E-state index in [1.807, 2.05) is 6.92 Å². The molecule has 0 unspecified atom stereocenters. The van der Waals surface area contributed by atoms with Crippen LogP contribution in [-0.4, -0.2) is 23.1 Å². The lowest BCUT2D eigenvalue weighted by Crippen LogP contribution is -2.30. The molecular weight excluding hydrogens is 296 g/mol. The summed E-state index contributed by atoms with van der Waals surface area (Å²) in [6.45, 7) is 8.57. The molecule has 128 valence electrons. The van der Waals surface area contributed by atoms with Crippen LogP contribution in [0.25, 0.3) is 0 Å². The fraction of sp³-hybridized carbons (Fsp3) is 0.500. The molecule has 1 aromatic heterocycles. The summed E-state index contributed by atoms with van der Waals surface area (Å²) < 4.78 is 0. The van der Waals surface area contributed by atoms with E-state index in [1.165, 1.54) is 36.1 Å². The Morgan fingerprint density at radius 3 is 2.29 bits per heavy atom. The highest BCUT2D eigenvalue weighted by molar-refractivity contribution is 5.66. The van der Waals surface area contributed by atoms with E-state index in [0.29, 0.717) is 0 Å². The third-order valence-electron chi connectivity index (χ3n) is 4.76. The van der Waals surface area contributed by atoms with Gasteiger partial charge in [0.05, 0.1) is 0 Å². The smallest absolute Gasteiger partial charge is 0.136 e.